The van der Waals surface area contributed by atoms with Crippen LogP contribution in [0.25, 0.3) is 0 Å². The summed E-state index contributed by atoms with van der Waals surface area (Å²) in [5.74, 6) is 2.55. The fourth-order valence-electron chi connectivity index (χ4n) is 3.05. The minimum absolute atomic E-state index is 0.0352. The van der Waals surface area contributed by atoms with Gasteiger partial charge in [-0.05, 0) is 43.2 Å². The van der Waals surface area contributed by atoms with Crippen LogP contribution in [0.4, 0.5) is 0 Å². The van der Waals surface area contributed by atoms with Gasteiger partial charge >= 0.3 is 0 Å². The topological polar surface area (TPSA) is 26.3 Å². The first-order chi connectivity index (χ1) is 9.58. The van der Waals surface area contributed by atoms with Crippen LogP contribution in [0.1, 0.15) is 29.6 Å². The van der Waals surface area contributed by atoms with E-state index in [0.29, 0.717) is 6.61 Å². The average Bonchev–Trinajstić information content (AvgIpc) is 2.85. The summed E-state index contributed by atoms with van der Waals surface area (Å²) in [7, 11) is 0. The Morgan fingerprint density at radius 1 is 1.30 bits per heavy atom. The molecule has 1 aromatic rings. The Morgan fingerprint density at radius 2 is 2.05 bits per heavy atom. The molecule has 1 aromatic carbocycles. The maximum Gasteiger partial charge on any atom is 0.166 e. The molecule has 0 aromatic heterocycles. The van der Waals surface area contributed by atoms with Crippen LogP contribution < -0.4 is 0 Å². The molecule has 2 nitrogen and oxygen atoms in total. The number of ether oxygens (including phenoxy) is 1. The summed E-state index contributed by atoms with van der Waals surface area (Å²) in [4.78, 5) is 12.7. The van der Waals surface area contributed by atoms with Crippen molar-refractivity contribution in [3.63, 3.8) is 0 Å². The van der Waals surface area contributed by atoms with E-state index < -0.39 is 0 Å². The van der Waals surface area contributed by atoms with Gasteiger partial charge in [-0.1, -0.05) is 31.9 Å². The number of Topliss-reactive ketones (excluding diaryl/α,β-unsaturated/α-hetero) is 1. The number of hydrogen-bond donors (Lipinski definition) is 0. The zero-order chi connectivity index (χ0) is 14.2. The number of hydrogen-bond acceptors (Lipinski definition) is 3. The Balaban J connectivity index is 1.79. The zero-order valence-corrected chi connectivity index (χ0v) is 15.0. The van der Waals surface area contributed by atoms with Crippen LogP contribution in [-0.4, -0.2) is 29.5 Å². The summed E-state index contributed by atoms with van der Waals surface area (Å²) in [6, 6.07) is 5.78. The van der Waals surface area contributed by atoms with Gasteiger partial charge in [-0.2, -0.15) is 11.8 Å². The highest BCUT2D eigenvalue weighted by Crippen LogP contribution is 2.41. The second-order valence-corrected chi connectivity index (χ2v) is 8.48. The Kier molecular flexibility index (Phi) is 4.60. The highest BCUT2D eigenvalue weighted by atomic mass is 79.9. The number of halogens is 2. The molecule has 2 aliphatic heterocycles. The van der Waals surface area contributed by atoms with Crippen molar-refractivity contribution in [2.45, 2.75) is 24.9 Å². The van der Waals surface area contributed by atoms with E-state index in [1.165, 1.54) is 0 Å². The Morgan fingerprint density at radius 3 is 2.70 bits per heavy atom. The van der Waals surface area contributed by atoms with Crippen molar-refractivity contribution in [2.24, 2.45) is 5.92 Å². The third-order valence-electron chi connectivity index (χ3n) is 4.08. The van der Waals surface area contributed by atoms with Gasteiger partial charge in [0.05, 0.1) is 5.60 Å². The zero-order valence-electron chi connectivity index (χ0n) is 11.0. The molecule has 2 heterocycles. The van der Waals surface area contributed by atoms with Gasteiger partial charge in [0.25, 0.3) is 0 Å². The van der Waals surface area contributed by atoms with E-state index in [2.05, 4.69) is 31.9 Å². The van der Waals surface area contributed by atoms with Gasteiger partial charge in [-0.15, -0.1) is 0 Å². The normalized spacial score (nSPS) is 29.8. The van der Waals surface area contributed by atoms with Gasteiger partial charge in [-0.25, -0.2) is 0 Å². The smallest absolute Gasteiger partial charge is 0.166 e. The third-order valence-corrected chi connectivity index (χ3v) is 6.22. The highest BCUT2D eigenvalue weighted by Gasteiger charge is 2.42. The summed E-state index contributed by atoms with van der Waals surface area (Å²) in [5.41, 5.74) is 0.755. The molecule has 1 spiro atoms. The summed E-state index contributed by atoms with van der Waals surface area (Å²) in [6.07, 6.45) is 2.81. The van der Waals surface area contributed by atoms with Crippen molar-refractivity contribution >= 4 is 49.4 Å². The summed E-state index contributed by atoms with van der Waals surface area (Å²) < 4.78 is 7.88. The van der Waals surface area contributed by atoms with Gasteiger partial charge in [-0.3, -0.25) is 4.79 Å². The summed E-state index contributed by atoms with van der Waals surface area (Å²) in [6.45, 7) is 0.714. The fraction of sp³-hybridized carbons (Fsp3) is 0.533. The molecule has 0 aliphatic carbocycles. The highest BCUT2D eigenvalue weighted by molar-refractivity contribution is 9.11. The van der Waals surface area contributed by atoms with Gasteiger partial charge in [0.15, 0.2) is 5.78 Å². The van der Waals surface area contributed by atoms with Gasteiger partial charge in [0.2, 0.25) is 0 Å². The molecule has 2 fully saturated rings. The van der Waals surface area contributed by atoms with Crippen molar-refractivity contribution in [1.82, 2.24) is 0 Å². The first-order valence-electron chi connectivity index (χ1n) is 6.80. The van der Waals surface area contributed by atoms with Crippen LogP contribution in [0.15, 0.2) is 27.1 Å². The van der Waals surface area contributed by atoms with Crippen LogP contribution in [-0.2, 0) is 4.74 Å². The molecule has 2 saturated heterocycles. The number of rotatable bonds is 2. The van der Waals surface area contributed by atoms with E-state index in [4.69, 9.17) is 4.74 Å². The quantitative estimate of drug-likeness (QED) is 0.650. The fourth-order valence-corrected chi connectivity index (χ4v) is 5.72. The molecule has 0 saturated carbocycles. The van der Waals surface area contributed by atoms with Gasteiger partial charge in [0.1, 0.15) is 0 Å². The van der Waals surface area contributed by atoms with Crippen molar-refractivity contribution in [3.8, 4) is 0 Å². The standard InChI is InChI=1S/C15H16Br2O2S/c16-12-5-11(6-13(17)7-12)14(18)10-1-3-19-15(8-10)2-4-20-9-15/h5-7,10H,1-4,8-9H2. The lowest BCUT2D eigenvalue weighted by molar-refractivity contribution is -0.0734. The minimum atomic E-state index is -0.0352. The molecule has 0 N–H and O–H groups in total. The van der Waals surface area contributed by atoms with Crippen molar-refractivity contribution in [3.05, 3.63) is 32.7 Å². The predicted octanol–water partition coefficient (Wildman–Crippen LogP) is 4.70. The lowest BCUT2D eigenvalue weighted by atomic mass is 9.81. The lowest BCUT2D eigenvalue weighted by Crippen LogP contribution is -2.42. The number of ketones is 1. The molecule has 0 bridgehead atoms. The van der Waals surface area contributed by atoms with E-state index in [9.17, 15) is 4.79 Å². The molecule has 2 aliphatic rings. The Hall–Kier alpha value is 0.160. The molecule has 5 heteroatoms. The van der Waals surface area contributed by atoms with E-state index in [-0.39, 0.29) is 17.3 Å². The molecule has 108 valence electrons. The summed E-state index contributed by atoms with van der Waals surface area (Å²) in [5, 5.41) is 0. The molecule has 0 radical (unpaired) electrons. The van der Waals surface area contributed by atoms with Crippen molar-refractivity contribution < 1.29 is 9.53 Å². The molecule has 2 atom stereocenters. The number of carbonyl (C=O) groups excluding carboxylic acids is 1. The lowest BCUT2D eigenvalue weighted by Gasteiger charge is -2.37. The second-order valence-electron chi connectivity index (χ2n) is 5.55. The molecule has 20 heavy (non-hydrogen) atoms. The molecule has 0 amide bonds. The molecular weight excluding hydrogens is 404 g/mol. The van der Waals surface area contributed by atoms with Crippen molar-refractivity contribution in [1.29, 1.82) is 0 Å². The second kappa shape index (κ2) is 6.11. The maximum atomic E-state index is 12.7. The Labute approximate surface area is 140 Å². The van der Waals surface area contributed by atoms with E-state index in [0.717, 1.165) is 45.3 Å². The third kappa shape index (κ3) is 3.16. The number of carbonyl (C=O) groups is 1. The minimum Gasteiger partial charge on any atom is -0.374 e. The SMILES string of the molecule is O=C(c1cc(Br)cc(Br)c1)C1CCOC2(CCSC2)C1. The summed E-state index contributed by atoms with van der Waals surface area (Å²) >= 11 is 8.85. The van der Waals surface area contributed by atoms with Crippen LogP contribution in [0.2, 0.25) is 0 Å². The van der Waals surface area contributed by atoms with Gasteiger partial charge in [0, 0.05) is 32.8 Å². The van der Waals surface area contributed by atoms with Gasteiger partial charge < -0.3 is 4.74 Å². The average molecular weight is 420 g/mol. The van der Waals surface area contributed by atoms with E-state index in [1.54, 1.807) is 0 Å². The molecular formula is C15H16Br2O2S. The predicted molar refractivity (Wildman–Crippen MR) is 89.5 cm³/mol. The van der Waals surface area contributed by atoms with Crippen molar-refractivity contribution in [2.75, 3.05) is 18.1 Å². The monoisotopic (exact) mass is 418 g/mol. The van der Waals surface area contributed by atoms with Crippen LogP contribution in [0, 0.1) is 5.92 Å². The maximum absolute atomic E-state index is 12.7. The van der Waals surface area contributed by atoms with Crippen LogP contribution in [0.3, 0.4) is 0 Å². The first kappa shape index (κ1) is 15.1. The van der Waals surface area contributed by atoms with E-state index >= 15 is 0 Å². The largest absolute Gasteiger partial charge is 0.374 e. The van der Waals surface area contributed by atoms with E-state index in [1.807, 2.05) is 30.0 Å². The molecule has 2 unspecified atom stereocenters. The number of thioether (sulfide) groups is 1. The first-order valence-corrected chi connectivity index (χ1v) is 9.54. The number of benzene rings is 1. The molecule has 3 rings (SSSR count). The van der Waals surface area contributed by atoms with Crippen LogP contribution in [0.5, 0.6) is 0 Å². The van der Waals surface area contributed by atoms with Crippen LogP contribution >= 0.6 is 43.6 Å². The Bertz CT molecular complexity index is 506.